The van der Waals surface area contributed by atoms with Crippen molar-refractivity contribution in [3.05, 3.63) is 18.0 Å². The van der Waals surface area contributed by atoms with Gasteiger partial charge in [0.1, 0.15) is 6.10 Å². The average Bonchev–Trinajstić information content (AvgIpc) is 3.03. The largest absolute Gasteiger partial charge is 0.457 e. The Morgan fingerprint density at radius 2 is 2.32 bits per heavy atom. The Balaban J connectivity index is 2.03. The monoisotopic (exact) mass is 260 g/mol. The van der Waals surface area contributed by atoms with Crippen LogP contribution in [0.1, 0.15) is 50.4 Å². The lowest BCUT2D eigenvalue weighted by atomic mass is 10.1. The van der Waals surface area contributed by atoms with E-state index in [0.29, 0.717) is 17.9 Å². The van der Waals surface area contributed by atoms with Gasteiger partial charge in [0.05, 0.1) is 17.3 Å². The SMILES string of the molecule is C#CCC(OC(=O)c1cnn(C(C)(C)C)c1)C1CC1. The highest BCUT2D eigenvalue weighted by atomic mass is 16.5. The van der Waals surface area contributed by atoms with Crippen molar-refractivity contribution in [3.63, 3.8) is 0 Å². The molecule has 0 aromatic carbocycles. The summed E-state index contributed by atoms with van der Waals surface area (Å²) in [5, 5.41) is 4.20. The molecule has 19 heavy (non-hydrogen) atoms. The molecule has 0 radical (unpaired) electrons. The molecule has 1 aromatic rings. The first-order valence-electron chi connectivity index (χ1n) is 6.61. The molecule has 0 saturated heterocycles. The number of aromatic nitrogens is 2. The van der Waals surface area contributed by atoms with Crippen LogP contribution in [0.2, 0.25) is 0 Å². The highest BCUT2D eigenvalue weighted by Gasteiger charge is 2.34. The minimum atomic E-state index is -0.331. The molecular formula is C15H20N2O2. The Bertz CT molecular complexity index is 501. The number of carbonyl (C=O) groups excluding carboxylic acids is 1. The van der Waals surface area contributed by atoms with Crippen molar-refractivity contribution in [2.45, 2.75) is 51.7 Å². The molecule has 0 amide bonds. The lowest BCUT2D eigenvalue weighted by Crippen LogP contribution is -2.22. The summed E-state index contributed by atoms with van der Waals surface area (Å²) in [7, 11) is 0. The Morgan fingerprint density at radius 1 is 1.63 bits per heavy atom. The van der Waals surface area contributed by atoms with E-state index < -0.39 is 0 Å². The third-order valence-corrected chi connectivity index (χ3v) is 3.23. The van der Waals surface area contributed by atoms with Crippen molar-refractivity contribution < 1.29 is 9.53 Å². The number of nitrogens with zero attached hydrogens (tertiary/aromatic N) is 2. The van der Waals surface area contributed by atoms with E-state index in [0.717, 1.165) is 12.8 Å². The fourth-order valence-electron chi connectivity index (χ4n) is 1.89. The summed E-state index contributed by atoms with van der Waals surface area (Å²) in [4.78, 5) is 12.1. The van der Waals surface area contributed by atoms with Crippen molar-refractivity contribution in [1.82, 2.24) is 9.78 Å². The highest BCUT2D eigenvalue weighted by Crippen LogP contribution is 2.36. The fourth-order valence-corrected chi connectivity index (χ4v) is 1.89. The number of hydrogen-bond donors (Lipinski definition) is 0. The van der Waals surface area contributed by atoms with E-state index in [-0.39, 0.29) is 17.6 Å². The number of rotatable bonds is 4. The summed E-state index contributed by atoms with van der Waals surface area (Å²) in [6, 6.07) is 0. The third kappa shape index (κ3) is 3.37. The Morgan fingerprint density at radius 3 is 2.79 bits per heavy atom. The third-order valence-electron chi connectivity index (χ3n) is 3.23. The van der Waals surface area contributed by atoms with Gasteiger partial charge in [-0.25, -0.2) is 4.79 Å². The van der Waals surface area contributed by atoms with Crippen LogP contribution in [0.4, 0.5) is 0 Å². The second-order valence-corrected chi connectivity index (χ2v) is 6.03. The van der Waals surface area contributed by atoms with Gasteiger partial charge in [0, 0.05) is 12.6 Å². The van der Waals surface area contributed by atoms with Crippen molar-refractivity contribution in [2.75, 3.05) is 0 Å². The normalized spacial score (nSPS) is 16.7. The lowest BCUT2D eigenvalue weighted by Gasteiger charge is -2.18. The van der Waals surface area contributed by atoms with Crippen LogP contribution in [0.5, 0.6) is 0 Å². The first-order valence-corrected chi connectivity index (χ1v) is 6.61. The number of terminal acetylenes is 1. The van der Waals surface area contributed by atoms with Crippen LogP contribution >= 0.6 is 0 Å². The van der Waals surface area contributed by atoms with E-state index in [1.165, 1.54) is 0 Å². The van der Waals surface area contributed by atoms with Gasteiger partial charge in [0.2, 0.25) is 0 Å². The van der Waals surface area contributed by atoms with Crippen molar-refractivity contribution >= 4 is 5.97 Å². The molecule has 2 rings (SSSR count). The van der Waals surface area contributed by atoms with Crippen molar-refractivity contribution in [1.29, 1.82) is 0 Å². The first-order chi connectivity index (χ1) is 8.91. The summed E-state index contributed by atoms with van der Waals surface area (Å²) in [5.41, 5.74) is 0.338. The summed E-state index contributed by atoms with van der Waals surface area (Å²) in [6.07, 6.45) is 11.1. The summed E-state index contributed by atoms with van der Waals surface area (Å²) in [6.45, 7) is 6.08. The summed E-state index contributed by atoms with van der Waals surface area (Å²) >= 11 is 0. The van der Waals surface area contributed by atoms with E-state index in [4.69, 9.17) is 11.2 Å². The van der Waals surface area contributed by atoms with Crippen LogP contribution in [-0.4, -0.2) is 21.9 Å². The number of ether oxygens (including phenoxy) is 1. The summed E-state index contributed by atoms with van der Waals surface area (Å²) in [5.74, 6) is 2.69. The first kappa shape index (κ1) is 13.7. The molecule has 4 heteroatoms. The second-order valence-electron chi connectivity index (χ2n) is 6.03. The highest BCUT2D eigenvalue weighted by molar-refractivity contribution is 5.88. The van der Waals surface area contributed by atoms with Gasteiger partial charge < -0.3 is 4.74 Å². The van der Waals surface area contributed by atoms with Gasteiger partial charge in [0.15, 0.2) is 0 Å². The molecule has 1 atom stereocenters. The molecule has 4 nitrogen and oxygen atoms in total. The van der Waals surface area contributed by atoms with Gasteiger partial charge in [-0.15, -0.1) is 12.3 Å². The zero-order valence-corrected chi connectivity index (χ0v) is 11.7. The molecule has 1 fully saturated rings. The number of carbonyl (C=O) groups is 1. The molecule has 0 spiro atoms. The van der Waals surface area contributed by atoms with E-state index >= 15 is 0 Å². The van der Waals surface area contributed by atoms with Crippen LogP contribution in [0.15, 0.2) is 12.4 Å². The minimum absolute atomic E-state index is 0.143. The van der Waals surface area contributed by atoms with Crippen LogP contribution in [0.3, 0.4) is 0 Å². The van der Waals surface area contributed by atoms with Gasteiger partial charge in [-0.3, -0.25) is 4.68 Å². The molecule has 1 aliphatic carbocycles. The van der Waals surface area contributed by atoms with Crippen LogP contribution in [0, 0.1) is 18.3 Å². The molecule has 1 saturated carbocycles. The average molecular weight is 260 g/mol. The zero-order chi connectivity index (χ0) is 14.0. The Kier molecular flexibility index (Phi) is 3.66. The van der Waals surface area contributed by atoms with Crippen LogP contribution in [-0.2, 0) is 10.3 Å². The molecule has 0 N–H and O–H groups in total. The molecule has 0 aliphatic heterocycles. The van der Waals surface area contributed by atoms with Gasteiger partial charge in [0.25, 0.3) is 0 Å². The smallest absolute Gasteiger partial charge is 0.341 e. The zero-order valence-electron chi connectivity index (χ0n) is 11.7. The molecule has 0 bridgehead atoms. The molecular weight excluding hydrogens is 240 g/mol. The fraction of sp³-hybridized carbons (Fsp3) is 0.600. The maximum Gasteiger partial charge on any atom is 0.341 e. The predicted molar refractivity (Wildman–Crippen MR) is 72.6 cm³/mol. The number of esters is 1. The van der Waals surface area contributed by atoms with Gasteiger partial charge in [-0.2, -0.15) is 5.10 Å². The second kappa shape index (κ2) is 5.08. The molecule has 1 aliphatic rings. The van der Waals surface area contributed by atoms with Gasteiger partial charge in [-0.1, -0.05) is 0 Å². The molecule has 102 valence electrons. The Hall–Kier alpha value is -1.76. The molecule has 1 aromatic heterocycles. The quantitative estimate of drug-likeness (QED) is 0.617. The molecule has 1 heterocycles. The van der Waals surface area contributed by atoms with Gasteiger partial charge >= 0.3 is 5.97 Å². The van der Waals surface area contributed by atoms with Crippen LogP contribution in [0.25, 0.3) is 0 Å². The topological polar surface area (TPSA) is 44.1 Å². The maximum absolute atomic E-state index is 12.1. The lowest BCUT2D eigenvalue weighted by molar-refractivity contribution is 0.0261. The predicted octanol–water partition coefficient (Wildman–Crippen LogP) is 2.60. The summed E-state index contributed by atoms with van der Waals surface area (Å²) < 4.78 is 7.25. The van der Waals surface area contributed by atoms with E-state index in [9.17, 15) is 4.79 Å². The van der Waals surface area contributed by atoms with Crippen molar-refractivity contribution in [2.24, 2.45) is 5.92 Å². The van der Waals surface area contributed by atoms with Crippen molar-refractivity contribution in [3.8, 4) is 12.3 Å². The maximum atomic E-state index is 12.1. The standard InChI is InChI=1S/C15H20N2O2/c1-5-6-13(11-7-8-11)19-14(18)12-9-16-17(10-12)15(2,3)4/h1,9-11,13H,6-8H2,2-4H3. The molecule has 1 unspecified atom stereocenters. The van der Waals surface area contributed by atoms with E-state index in [2.05, 4.69) is 11.0 Å². The van der Waals surface area contributed by atoms with E-state index in [1.54, 1.807) is 17.1 Å². The minimum Gasteiger partial charge on any atom is -0.457 e. The van der Waals surface area contributed by atoms with E-state index in [1.807, 2.05) is 20.8 Å². The van der Waals surface area contributed by atoms with Crippen LogP contribution < -0.4 is 0 Å². The van der Waals surface area contributed by atoms with Gasteiger partial charge in [-0.05, 0) is 39.5 Å². The Labute approximate surface area is 114 Å². The number of hydrogen-bond acceptors (Lipinski definition) is 3.